The minimum absolute atomic E-state index is 0.00639. The summed E-state index contributed by atoms with van der Waals surface area (Å²) in [6, 6.07) is 0. The van der Waals surface area contributed by atoms with Gasteiger partial charge in [0.15, 0.2) is 0 Å². The number of halogens is 2. The standard InChI is InChI=1S/C22H33F2NS/c1-15-2-8-18(9-3-15)19-10-6-16(7-11-19)4-5-17-12-20(23)22(26-14-25)21(24)13-17/h4-5,15-22H,2-3,6-13H2,1H3. The van der Waals surface area contributed by atoms with Gasteiger partial charge in [-0.15, -0.1) is 0 Å². The number of alkyl halides is 2. The average molecular weight is 382 g/mol. The lowest BCUT2D eigenvalue weighted by Crippen LogP contribution is -2.37. The van der Waals surface area contributed by atoms with Crippen molar-refractivity contribution >= 4 is 11.8 Å². The Morgan fingerprint density at radius 1 is 0.808 bits per heavy atom. The van der Waals surface area contributed by atoms with Gasteiger partial charge in [0.05, 0.1) is 5.25 Å². The van der Waals surface area contributed by atoms with Crippen molar-refractivity contribution in [3.63, 3.8) is 0 Å². The van der Waals surface area contributed by atoms with E-state index in [1.54, 1.807) is 0 Å². The van der Waals surface area contributed by atoms with E-state index in [1.165, 1.54) is 51.4 Å². The highest BCUT2D eigenvalue weighted by Crippen LogP contribution is 2.42. The highest BCUT2D eigenvalue weighted by Gasteiger charge is 2.38. The maximum Gasteiger partial charge on any atom is 0.133 e. The van der Waals surface area contributed by atoms with Crippen LogP contribution in [0, 0.1) is 40.3 Å². The van der Waals surface area contributed by atoms with E-state index in [4.69, 9.17) is 5.26 Å². The molecule has 3 aliphatic carbocycles. The number of nitrogens with zero attached hydrogens (tertiary/aromatic N) is 1. The van der Waals surface area contributed by atoms with Crippen molar-refractivity contribution in [2.75, 3.05) is 0 Å². The van der Waals surface area contributed by atoms with Crippen LogP contribution < -0.4 is 0 Å². The highest BCUT2D eigenvalue weighted by molar-refractivity contribution is 8.04. The van der Waals surface area contributed by atoms with Gasteiger partial charge in [-0.05, 0) is 92.7 Å². The van der Waals surface area contributed by atoms with Gasteiger partial charge in [-0.25, -0.2) is 8.78 Å². The van der Waals surface area contributed by atoms with Crippen molar-refractivity contribution in [3.8, 4) is 5.40 Å². The minimum atomic E-state index is -1.21. The van der Waals surface area contributed by atoms with Crippen LogP contribution >= 0.6 is 11.8 Å². The van der Waals surface area contributed by atoms with Crippen molar-refractivity contribution in [2.24, 2.45) is 29.6 Å². The van der Waals surface area contributed by atoms with Gasteiger partial charge in [0.1, 0.15) is 17.7 Å². The summed E-state index contributed by atoms with van der Waals surface area (Å²) in [5.74, 6) is 3.37. The lowest BCUT2D eigenvalue weighted by atomic mass is 9.69. The van der Waals surface area contributed by atoms with Crippen molar-refractivity contribution in [1.29, 1.82) is 5.26 Å². The molecule has 0 bridgehead atoms. The number of thiocyanates is 1. The van der Waals surface area contributed by atoms with Gasteiger partial charge < -0.3 is 0 Å². The average Bonchev–Trinajstić information content (AvgIpc) is 2.64. The molecule has 0 aromatic heterocycles. The van der Waals surface area contributed by atoms with Crippen molar-refractivity contribution < 1.29 is 8.78 Å². The Bertz CT molecular complexity index is 489. The number of rotatable bonds is 4. The first-order valence-electron chi connectivity index (χ1n) is 10.6. The Kier molecular flexibility index (Phi) is 7.44. The van der Waals surface area contributed by atoms with Crippen LogP contribution in [0.25, 0.3) is 0 Å². The summed E-state index contributed by atoms with van der Waals surface area (Å²) in [7, 11) is 0. The zero-order valence-corrected chi connectivity index (χ0v) is 16.8. The summed E-state index contributed by atoms with van der Waals surface area (Å²) < 4.78 is 28.3. The second kappa shape index (κ2) is 9.58. The molecule has 0 aromatic rings. The first-order chi connectivity index (χ1) is 12.6. The third-order valence-corrected chi connectivity index (χ3v) is 8.12. The van der Waals surface area contributed by atoms with Crippen molar-refractivity contribution in [3.05, 3.63) is 12.2 Å². The van der Waals surface area contributed by atoms with E-state index in [9.17, 15) is 8.78 Å². The van der Waals surface area contributed by atoms with E-state index in [-0.39, 0.29) is 5.92 Å². The van der Waals surface area contributed by atoms with E-state index < -0.39 is 17.6 Å². The molecule has 3 saturated carbocycles. The Hall–Kier alpha value is -0.560. The lowest BCUT2D eigenvalue weighted by molar-refractivity contribution is 0.141. The fourth-order valence-electron chi connectivity index (χ4n) is 5.42. The van der Waals surface area contributed by atoms with Gasteiger partial charge in [-0.2, -0.15) is 5.26 Å². The molecular formula is C22H33F2NS. The van der Waals surface area contributed by atoms with Crippen LogP contribution in [0.2, 0.25) is 0 Å². The van der Waals surface area contributed by atoms with Crippen LogP contribution in [0.15, 0.2) is 12.2 Å². The Balaban J connectivity index is 1.42. The zero-order valence-electron chi connectivity index (χ0n) is 16.0. The smallest absolute Gasteiger partial charge is 0.133 e. The highest BCUT2D eigenvalue weighted by atomic mass is 32.2. The number of nitriles is 1. The summed E-state index contributed by atoms with van der Waals surface area (Å²) in [6.07, 6.45) is 13.5. The van der Waals surface area contributed by atoms with Crippen LogP contribution in [0.5, 0.6) is 0 Å². The molecular weight excluding hydrogens is 348 g/mol. The predicted octanol–water partition coefficient (Wildman–Crippen LogP) is 6.84. The van der Waals surface area contributed by atoms with Gasteiger partial charge in [-0.3, -0.25) is 0 Å². The number of hydrogen-bond donors (Lipinski definition) is 0. The molecule has 0 aliphatic heterocycles. The van der Waals surface area contributed by atoms with Crippen LogP contribution in [0.1, 0.15) is 71.1 Å². The number of allylic oxidation sites excluding steroid dienone is 2. The van der Waals surface area contributed by atoms with Crippen molar-refractivity contribution in [1.82, 2.24) is 0 Å². The van der Waals surface area contributed by atoms with E-state index >= 15 is 0 Å². The molecule has 2 unspecified atom stereocenters. The zero-order chi connectivity index (χ0) is 18.5. The van der Waals surface area contributed by atoms with Crippen LogP contribution in [-0.4, -0.2) is 17.6 Å². The molecule has 1 nitrogen and oxygen atoms in total. The van der Waals surface area contributed by atoms with Crippen LogP contribution in [0.4, 0.5) is 8.78 Å². The Labute approximate surface area is 162 Å². The van der Waals surface area contributed by atoms with Gasteiger partial charge in [0.2, 0.25) is 0 Å². The molecule has 3 fully saturated rings. The van der Waals surface area contributed by atoms with Crippen molar-refractivity contribution in [2.45, 2.75) is 88.7 Å². The molecule has 0 spiro atoms. The van der Waals surface area contributed by atoms with Crippen LogP contribution in [0.3, 0.4) is 0 Å². The largest absolute Gasteiger partial charge is 0.246 e. The first-order valence-corrected chi connectivity index (χ1v) is 11.5. The molecule has 0 radical (unpaired) electrons. The molecule has 2 atom stereocenters. The Morgan fingerprint density at radius 3 is 1.85 bits per heavy atom. The maximum absolute atomic E-state index is 14.1. The summed E-state index contributed by atoms with van der Waals surface area (Å²) >= 11 is 0.762. The molecule has 4 heteroatoms. The van der Waals surface area contributed by atoms with E-state index in [2.05, 4.69) is 19.1 Å². The second-order valence-corrected chi connectivity index (χ2v) is 9.98. The molecule has 3 aliphatic rings. The molecule has 146 valence electrons. The minimum Gasteiger partial charge on any atom is -0.246 e. The summed E-state index contributed by atoms with van der Waals surface area (Å²) in [4.78, 5) is 0. The second-order valence-electron chi connectivity index (χ2n) is 9.02. The number of thioether (sulfide) groups is 1. The van der Waals surface area contributed by atoms with Gasteiger partial charge in [-0.1, -0.05) is 31.9 Å². The lowest BCUT2D eigenvalue weighted by Gasteiger charge is -2.37. The fraction of sp³-hybridized carbons (Fsp3) is 0.864. The van der Waals surface area contributed by atoms with E-state index in [0.717, 1.165) is 29.5 Å². The molecule has 0 amide bonds. The first kappa shape index (κ1) is 20.2. The molecule has 0 heterocycles. The van der Waals surface area contributed by atoms with E-state index in [1.807, 2.05) is 5.40 Å². The monoisotopic (exact) mass is 381 g/mol. The molecule has 26 heavy (non-hydrogen) atoms. The SMILES string of the molecule is CC1CCC(C2CCC(C=CC3CC(F)C(SC#N)C(F)C3)CC2)CC1. The quantitative estimate of drug-likeness (QED) is 0.393. The van der Waals surface area contributed by atoms with Gasteiger partial charge >= 0.3 is 0 Å². The molecule has 3 rings (SSSR count). The normalized spacial score (nSPS) is 44.7. The van der Waals surface area contributed by atoms with Gasteiger partial charge in [0, 0.05) is 0 Å². The van der Waals surface area contributed by atoms with Crippen LogP contribution in [-0.2, 0) is 0 Å². The molecule has 0 aromatic carbocycles. The van der Waals surface area contributed by atoms with Gasteiger partial charge in [0.25, 0.3) is 0 Å². The Morgan fingerprint density at radius 2 is 1.31 bits per heavy atom. The summed E-state index contributed by atoms with van der Waals surface area (Å²) in [5, 5.41) is 9.74. The van der Waals surface area contributed by atoms with E-state index in [0.29, 0.717) is 18.8 Å². The third-order valence-electron chi connectivity index (χ3n) is 7.16. The maximum atomic E-state index is 14.1. The molecule has 0 saturated heterocycles. The molecule has 0 N–H and O–H groups in total. The fourth-order valence-corrected chi connectivity index (χ4v) is 6.05. The number of hydrogen-bond acceptors (Lipinski definition) is 2. The predicted molar refractivity (Wildman–Crippen MR) is 105 cm³/mol. The summed E-state index contributed by atoms with van der Waals surface area (Å²) in [6.45, 7) is 2.38. The topological polar surface area (TPSA) is 23.8 Å². The third kappa shape index (κ3) is 5.24. The summed E-state index contributed by atoms with van der Waals surface area (Å²) in [5.41, 5.74) is 0.